The Bertz CT molecular complexity index is 1870. The second kappa shape index (κ2) is 23.0. The van der Waals surface area contributed by atoms with Gasteiger partial charge in [0.15, 0.2) is 29.3 Å². The number of rotatable bonds is 27. The summed E-state index contributed by atoms with van der Waals surface area (Å²) in [5, 5.41) is 8.42. The molecular weight excluding hydrogens is 813 g/mol. The second-order valence-electron chi connectivity index (χ2n) is 16.7. The highest BCUT2D eigenvalue weighted by Crippen LogP contribution is 2.42. The van der Waals surface area contributed by atoms with E-state index in [1.165, 1.54) is 12.7 Å². The van der Waals surface area contributed by atoms with Crippen LogP contribution in [-0.4, -0.2) is 93.5 Å². The van der Waals surface area contributed by atoms with Crippen molar-refractivity contribution in [2.24, 2.45) is 5.41 Å². The van der Waals surface area contributed by atoms with Gasteiger partial charge in [0.1, 0.15) is 36.1 Å². The summed E-state index contributed by atoms with van der Waals surface area (Å²) in [7, 11) is -3.90. The third-order valence-electron chi connectivity index (χ3n) is 9.37. The van der Waals surface area contributed by atoms with Crippen LogP contribution in [0, 0.1) is 5.41 Å². The summed E-state index contributed by atoms with van der Waals surface area (Å²) >= 11 is 0. The lowest BCUT2D eigenvalue weighted by molar-refractivity contribution is -0.155. The van der Waals surface area contributed by atoms with Crippen molar-refractivity contribution in [3.05, 3.63) is 36.7 Å². The maximum Gasteiger partial charge on any atom is 0.412 e. The van der Waals surface area contributed by atoms with Crippen molar-refractivity contribution < 1.29 is 56.9 Å². The fourth-order valence-electron chi connectivity index (χ4n) is 5.86. The number of anilines is 1. The van der Waals surface area contributed by atoms with Gasteiger partial charge >= 0.3 is 24.0 Å². The van der Waals surface area contributed by atoms with Gasteiger partial charge in [0, 0.05) is 0 Å². The number of carbonyl (C=O) groups excluding carboxylic acids is 4. The third-order valence-corrected chi connectivity index (χ3v) is 11.7. The van der Waals surface area contributed by atoms with Crippen LogP contribution in [0.1, 0.15) is 121 Å². The first-order valence-corrected chi connectivity index (χ1v) is 22.7. The summed E-state index contributed by atoms with van der Waals surface area (Å²) in [5.74, 6) is -0.948. The van der Waals surface area contributed by atoms with E-state index in [-0.39, 0.29) is 50.3 Å². The maximum atomic E-state index is 14.7. The summed E-state index contributed by atoms with van der Waals surface area (Å²) < 4.78 is 54.8. The Balaban J connectivity index is 1.67. The molecule has 1 amide bonds. The van der Waals surface area contributed by atoms with Crippen molar-refractivity contribution >= 4 is 48.4 Å². The number of carbonyl (C=O) groups is 4. The number of amides is 1. The number of unbranched alkanes of at least 4 members (excludes halogenated alkanes) is 6. The first kappa shape index (κ1) is 50.8. The van der Waals surface area contributed by atoms with E-state index in [4.69, 9.17) is 33.2 Å². The van der Waals surface area contributed by atoms with Gasteiger partial charge in [-0.2, -0.15) is 0 Å². The van der Waals surface area contributed by atoms with E-state index >= 15 is 0 Å². The summed E-state index contributed by atoms with van der Waals surface area (Å²) in [6.07, 6.45) is 8.18. The van der Waals surface area contributed by atoms with Crippen LogP contribution in [0.3, 0.4) is 0 Å². The third kappa shape index (κ3) is 16.0. The zero-order chi connectivity index (χ0) is 45.4. The molecule has 0 saturated heterocycles. The van der Waals surface area contributed by atoms with E-state index in [9.17, 15) is 23.7 Å². The van der Waals surface area contributed by atoms with Gasteiger partial charge in [0.25, 0.3) is 5.95 Å². The van der Waals surface area contributed by atoms with Crippen molar-refractivity contribution in [2.75, 3.05) is 38.1 Å². The number of hydrogen-bond acceptors (Lipinski definition) is 15. The van der Waals surface area contributed by atoms with Crippen LogP contribution in [0.15, 0.2) is 36.7 Å². The minimum Gasteiger partial charge on any atom is -0.464 e. The van der Waals surface area contributed by atoms with Crippen LogP contribution < -0.4 is 15.5 Å². The summed E-state index contributed by atoms with van der Waals surface area (Å²) in [6.45, 7) is 20.6. The lowest BCUT2D eigenvalue weighted by Gasteiger charge is -2.35. The normalized spacial score (nSPS) is 14.0. The van der Waals surface area contributed by atoms with Gasteiger partial charge in [-0.15, -0.1) is 0 Å². The number of nitrogens with zero attached hydrogens (tertiary/aromatic N) is 4. The minimum absolute atomic E-state index is 0.0561. The number of nitrogens with one attached hydrogen (secondary N) is 3. The molecule has 3 N–H and O–H groups in total. The van der Waals surface area contributed by atoms with Gasteiger partial charge in [-0.05, 0) is 74.8 Å². The van der Waals surface area contributed by atoms with Gasteiger partial charge in [-0.1, -0.05) is 52.4 Å². The lowest BCUT2D eigenvalue weighted by Crippen LogP contribution is -2.54. The van der Waals surface area contributed by atoms with Crippen molar-refractivity contribution in [1.82, 2.24) is 29.7 Å². The molecule has 1 atom stereocenters. The molecule has 61 heavy (non-hydrogen) atoms. The van der Waals surface area contributed by atoms with Gasteiger partial charge < -0.3 is 37.7 Å². The molecule has 3 rings (SSSR count). The molecule has 0 radical (unpaired) electrons. The van der Waals surface area contributed by atoms with Crippen molar-refractivity contribution in [1.29, 1.82) is 0 Å². The van der Waals surface area contributed by atoms with Gasteiger partial charge in [-0.3, -0.25) is 24.3 Å². The highest BCUT2D eigenvalue weighted by molar-refractivity contribution is 7.59. The predicted molar refractivity (Wildman–Crippen MR) is 227 cm³/mol. The smallest absolute Gasteiger partial charge is 0.412 e. The van der Waals surface area contributed by atoms with Gasteiger partial charge in [0.05, 0.1) is 37.6 Å². The Morgan fingerprint density at radius 2 is 1.41 bits per heavy atom. The predicted octanol–water partition coefficient (Wildman–Crippen LogP) is 7.23. The fourth-order valence-corrected chi connectivity index (χ4v) is 8.49. The zero-order valence-electron chi connectivity index (χ0n) is 37.5. The van der Waals surface area contributed by atoms with Crippen LogP contribution in [0.5, 0.6) is 0 Å². The molecular formula is C41H66N7O12P. The SMILES string of the molecule is C=C1OC(C)=C(COC(=O)C(C)(C)COC(=O)Nc2ncnc3c2ncn3C[C@@H](C)OCP(=O)(NC(C)(C)C(=O)OCCCCCC)NC(C)(C)C(=O)OCCCCCC)O1. The average Bonchev–Trinajstić information content (AvgIpc) is 3.75. The Labute approximate surface area is 358 Å². The van der Waals surface area contributed by atoms with E-state index < -0.39 is 60.4 Å². The number of imidazole rings is 1. The Kier molecular flexibility index (Phi) is 19.2. The van der Waals surface area contributed by atoms with E-state index in [0.717, 1.165) is 38.5 Å². The fraction of sp³-hybridized carbons (Fsp3) is 0.683. The molecule has 342 valence electrons. The highest BCUT2D eigenvalue weighted by atomic mass is 31.2. The van der Waals surface area contributed by atoms with Gasteiger partial charge in [-0.25, -0.2) is 29.9 Å². The molecule has 2 aromatic rings. The van der Waals surface area contributed by atoms with E-state index in [0.29, 0.717) is 30.0 Å². The van der Waals surface area contributed by atoms with Crippen LogP contribution in [-0.2, 0) is 58.7 Å². The number of allylic oxidation sites excluding steroid dienone is 1. The first-order chi connectivity index (χ1) is 28.6. The van der Waals surface area contributed by atoms with Gasteiger partial charge in [0.2, 0.25) is 7.44 Å². The quantitative estimate of drug-likeness (QED) is 0.0348. The highest BCUT2D eigenvalue weighted by Gasteiger charge is 2.43. The number of esters is 3. The van der Waals surface area contributed by atoms with E-state index in [2.05, 4.69) is 50.9 Å². The standard InChI is InChI=1S/C41H66N7O12P/c1-12-14-16-18-20-54-36(50)40(8,9)46-61(53,47-41(10,11)37(51)55-21-19-17-15-13-2)27-58-28(3)22-48-26-44-32-33(42-25-43-34(32)48)45-38(52)57-24-39(6,7)35(49)56-23-31-29(4)59-30(5)60-31/h25-26,28H,5,12-24,27H2,1-4,6-11H3,(H2,46,47,53)(H,42,43,45,52)/t28-/m1/s1. The molecule has 3 heterocycles. The Morgan fingerprint density at radius 1 is 0.820 bits per heavy atom. The van der Waals surface area contributed by atoms with E-state index in [1.807, 2.05) is 0 Å². The monoisotopic (exact) mass is 879 g/mol. The number of ether oxygens (including phenoxy) is 7. The number of aromatic nitrogens is 4. The molecule has 0 bridgehead atoms. The van der Waals surface area contributed by atoms with E-state index in [1.54, 1.807) is 60.0 Å². The molecule has 0 aromatic carbocycles. The van der Waals surface area contributed by atoms with Crippen molar-refractivity contribution in [3.8, 4) is 0 Å². The van der Waals surface area contributed by atoms with Crippen molar-refractivity contribution in [3.63, 3.8) is 0 Å². The maximum absolute atomic E-state index is 14.7. The van der Waals surface area contributed by atoms with Crippen LogP contribution >= 0.6 is 7.44 Å². The molecule has 1 aliphatic heterocycles. The topological polar surface area (TPSA) is 230 Å². The molecule has 0 aliphatic carbocycles. The molecule has 19 nitrogen and oxygen atoms in total. The minimum atomic E-state index is -3.90. The molecule has 0 unspecified atom stereocenters. The number of hydrogen-bond donors (Lipinski definition) is 3. The van der Waals surface area contributed by atoms with Crippen LogP contribution in [0.2, 0.25) is 0 Å². The number of fused-ring (bicyclic) bond motifs is 1. The molecule has 0 saturated carbocycles. The largest absolute Gasteiger partial charge is 0.464 e. The Hall–Kier alpha value is -4.58. The first-order valence-electron chi connectivity index (χ1n) is 20.8. The molecule has 0 fully saturated rings. The second-order valence-corrected chi connectivity index (χ2v) is 18.9. The molecule has 2 aromatic heterocycles. The van der Waals surface area contributed by atoms with Crippen LogP contribution in [0.25, 0.3) is 11.2 Å². The summed E-state index contributed by atoms with van der Waals surface area (Å²) in [4.78, 5) is 64.9. The molecule has 0 spiro atoms. The molecule has 1 aliphatic rings. The summed E-state index contributed by atoms with van der Waals surface area (Å²) in [5.41, 5.74) is -3.46. The lowest BCUT2D eigenvalue weighted by atomic mass is 9.95. The molecule has 20 heteroatoms. The average molecular weight is 880 g/mol. The van der Waals surface area contributed by atoms with Crippen LogP contribution in [0.4, 0.5) is 10.6 Å². The summed E-state index contributed by atoms with van der Waals surface area (Å²) in [6, 6.07) is 0. The Morgan fingerprint density at radius 3 is 1.95 bits per heavy atom. The van der Waals surface area contributed by atoms with Crippen molar-refractivity contribution in [2.45, 2.75) is 144 Å². The zero-order valence-corrected chi connectivity index (χ0v) is 38.4.